The minimum absolute atomic E-state index is 0. The molecule has 1 rings (SSSR count). The third kappa shape index (κ3) is 11.5. The fourth-order valence-corrected chi connectivity index (χ4v) is 2.22. The number of nitrogens with zero attached hydrogens (tertiary/aromatic N) is 1. The molecule has 21 heavy (non-hydrogen) atoms. The molecule has 0 bridgehead atoms. The molecule has 0 aliphatic carbocycles. The molecule has 0 aliphatic heterocycles. The summed E-state index contributed by atoms with van der Waals surface area (Å²) >= 11 is 0. The Morgan fingerprint density at radius 3 is 2.24 bits per heavy atom. The molecule has 2 unspecified atom stereocenters. The van der Waals surface area contributed by atoms with Crippen molar-refractivity contribution in [1.29, 1.82) is 0 Å². The monoisotopic (exact) mass is 367 g/mol. The van der Waals surface area contributed by atoms with Crippen LogP contribution in [0.5, 0.6) is 0 Å². The van der Waals surface area contributed by atoms with Gasteiger partial charge in [0.2, 0.25) is 0 Å². The van der Waals surface area contributed by atoms with E-state index in [4.69, 9.17) is 4.84 Å². The van der Waals surface area contributed by atoms with Crippen molar-refractivity contribution in [3.63, 3.8) is 0 Å². The van der Waals surface area contributed by atoms with Crippen LogP contribution in [0.15, 0.2) is 30.3 Å². The third-order valence-corrected chi connectivity index (χ3v) is 3.42. The Morgan fingerprint density at radius 1 is 1.10 bits per heavy atom. The van der Waals surface area contributed by atoms with E-state index in [1.54, 1.807) is 0 Å². The maximum atomic E-state index is 5.59. The molecule has 0 amide bonds. The van der Waals surface area contributed by atoms with Crippen molar-refractivity contribution in [2.75, 3.05) is 6.54 Å². The molecule has 0 aromatic heterocycles. The van der Waals surface area contributed by atoms with E-state index in [9.17, 15) is 0 Å². The third-order valence-electron chi connectivity index (χ3n) is 3.42. The Morgan fingerprint density at radius 2 is 1.71 bits per heavy atom. The molecular formula is C18H32NOY-. The van der Waals surface area contributed by atoms with E-state index in [1.165, 1.54) is 24.8 Å². The summed E-state index contributed by atoms with van der Waals surface area (Å²) in [6.45, 7) is 11.3. The smallest absolute Gasteiger partial charge is 0.0360 e. The van der Waals surface area contributed by atoms with Crippen LogP contribution in [0.2, 0.25) is 0 Å². The average Bonchev–Trinajstić information content (AvgIpc) is 2.52. The van der Waals surface area contributed by atoms with Crippen LogP contribution in [-0.4, -0.2) is 12.6 Å². The van der Waals surface area contributed by atoms with Crippen LogP contribution < -0.4 is 0 Å². The first-order chi connectivity index (χ1) is 9.77. The van der Waals surface area contributed by atoms with Gasteiger partial charge in [0.25, 0.3) is 0 Å². The van der Waals surface area contributed by atoms with Crippen molar-refractivity contribution >= 4 is 0 Å². The van der Waals surface area contributed by atoms with Crippen molar-refractivity contribution in [2.24, 2.45) is 5.92 Å². The average molecular weight is 367 g/mol. The van der Waals surface area contributed by atoms with Gasteiger partial charge in [-0.25, -0.2) is 0 Å². The van der Waals surface area contributed by atoms with E-state index >= 15 is 0 Å². The van der Waals surface area contributed by atoms with Crippen molar-refractivity contribution in [2.45, 2.75) is 66.4 Å². The molecular weight excluding hydrogens is 335 g/mol. The molecule has 2 atom stereocenters. The molecule has 0 spiro atoms. The van der Waals surface area contributed by atoms with Crippen LogP contribution in [0.1, 0.15) is 59.4 Å². The second kappa shape index (κ2) is 16.6. The molecule has 0 fully saturated rings. The van der Waals surface area contributed by atoms with Gasteiger partial charge in [0.1, 0.15) is 0 Å². The van der Waals surface area contributed by atoms with Crippen LogP contribution in [0.25, 0.3) is 5.48 Å². The molecule has 0 N–H and O–H groups in total. The van der Waals surface area contributed by atoms with Gasteiger partial charge < -0.3 is 10.3 Å². The predicted molar refractivity (Wildman–Crippen MR) is 89.0 cm³/mol. The van der Waals surface area contributed by atoms with E-state index in [0.717, 1.165) is 13.0 Å². The summed E-state index contributed by atoms with van der Waals surface area (Å²) in [6.07, 6.45) is 4.81. The maximum Gasteiger partial charge on any atom is 0.0360 e. The first-order valence-electron chi connectivity index (χ1n) is 8.14. The van der Waals surface area contributed by atoms with E-state index < -0.39 is 0 Å². The van der Waals surface area contributed by atoms with E-state index in [0.29, 0.717) is 5.92 Å². The van der Waals surface area contributed by atoms with Crippen molar-refractivity contribution in [3.05, 3.63) is 41.4 Å². The van der Waals surface area contributed by atoms with Gasteiger partial charge >= 0.3 is 0 Å². The zero-order chi connectivity index (χ0) is 15.2. The van der Waals surface area contributed by atoms with Gasteiger partial charge in [-0.15, -0.1) is 6.54 Å². The quantitative estimate of drug-likeness (QED) is 0.401. The molecule has 119 valence electrons. The standard InChI is InChI=1S/C16H26NO.C2H6.Y/c1-4-9-16(5-2)14(3)18-17-13-12-15-10-7-6-8-11-15;1-2;/h6-8,10-11,14,16H,4-5,9,12-13H2,1-3H3;1-2H3;/q-1;;. The fourth-order valence-electron chi connectivity index (χ4n) is 2.22. The minimum Gasteiger partial charge on any atom is -0.534 e. The summed E-state index contributed by atoms with van der Waals surface area (Å²) < 4.78 is 0. The summed E-state index contributed by atoms with van der Waals surface area (Å²) in [5.74, 6) is 0.635. The number of benzene rings is 1. The molecule has 0 heterocycles. The first kappa shape index (κ1) is 23.5. The van der Waals surface area contributed by atoms with E-state index in [2.05, 4.69) is 50.5 Å². The van der Waals surface area contributed by atoms with E-state index in [1.807, 2.05) is 19.9 Å². The van der Waals surface area contributed by atoms with Gasteiger partial charge in [-0.1, -0.05) is 70.9 Å². The second-order valence-electron chi connectivity index (χ2n) is 4.86. The maximum absolute atomic E-state index is 5.59. The minimum atomic E-state index is 0. The number of rotatable bonds is 9. The molecule has 1 aromatic carbocycles. The molecule has 1 radical (unpaired) electrons. The Kier molecular flexibility index (Phi) is 18.6. The molecule has 0 saturated heterocycles. The number of hydrogen-bond acceptors (Lipinski definition) is 1. The van der Waals surface area contributed by atoms with Gasteiger partial charge in [0, 0.05) is 38.8 Å². The van der Waals surface area contributed by atoms with Gasteiger partial charge in [0.05, 0.1) is 0 Å². The van der Waals surface area contributed by atoms with Crippen LogP contribution >= 0.6 is 0 Å². The van der Waals surface area contributed by atoms with Gasteiger partial charge in [-0.05, 0) is 31.2 Å². The van der Waals surface area contributed by atoms with Gasteiger partial charge in [-0.2, -0.15) is 0 Å². The second-order valence-corrected chi connectivity index (χ2v) is 4.86. The predicted octanol–water partition coefficient (Wildman–Crippen LogP) is 5.77. The first-order valence-corrected chi connectivity index (χ1v) is 8.14. The van der Waals surface area contributed by atoms with Crippen molar-refractivity contribution in [1.82, 2.24) is 0 Å². The van der Waals surface area contributed by atoms with Crippen LogP contribution in [0.4, 0.5) is 0 Å². The summed E-state index contributed by atoms with van der Waals surface area (Å²) in [7, 11) is 0. The fraction of sp³-hybridized carbons (Fsp3) is 0.667. The Bertz CT molecular complexity index is 305. The molecule has 0 saturated carbocycles. The van der Waals surface area contributed by atoms with E-state index in [-0.39, 0.29) is 38.8 Å². The number of hydroxylamine groups is 1. The molecule has 0 aliphatic rings. The zero-order valence-electron chi connectivity index (χ0n) is 14.5. The van der Waals surface area contributed by atoms with Crippen LogP contribution in [-0.2, 0) is 44.0 Å². The van der Waals surface area contributed by atoms with Crippen molar-refractivity contribution in [3.8, 4) is 0 Å². The Labute approximate surface area is 157 Å². The molecule has 1 aromatic rings. The summed E-state index contributed by atoms with van der Waals surface area (Å²) in [4.78, 5) is 5.59. The summed E-state index contributed by atoms with van der Waals surface area (Å²) in [6, 6.07) is 10.4. The number of hydrogen-bond donors (Lipinski definition) is 0. The Hall–Kier alpha value is 0.244. The molecule has 2 nitrogen and oxygen atoms in total. The van der Waals surface area contributed by atoms with Crippen LogP contribution in [0.3, 0.4) is 0 Å². The topological polar surface area (TPSA) is 23.3 Å². The largest absolute Gasteiger partial charge is 0.534 e. The SMILES string of the molecule is CC.CCCC(CC)C(C)O[N-]CCc1ccccc1.[Y]. The van der Waals surface area contributed by atoms with Crippen LogP contribution in [0, 0.1) is 5.92 Å². The zero-order valence-corrected chi connectivity index (χ0v) is 17.3. The molecule has 3 heteroatoms. The van der Waals surface area contributed by atoms with Gasteiger partial charge in [0.15, 0.2) is 0 Å². The van der Waals surface area contributed by atoms with Gasteiger partial charge in [-0.3, -0.25) is 0 Å². The summed E-state index contributed by atoms with van der Waals surface area (Å²) in [5, 5.41) is 0. The summed E-state index contributed by atoms with van der Waals surface area (Å²) in [5.41, 5.74) is 5.54. The Balaban J connectivity index is 0. The van der Waals surface area contributed by atoms with Crippen molar-refractivity contribution < 1.29 is 37.5 Å². The normalized spacial score (nSPS) is 12.6.